The van der Waals surface area contributed by atoms with Gasteiger partial charge in [0.1, 0.15) is 12.6 Å². The van der Waals surface area contributed by atoms with Gasteiger partial charge in [0, 0.05) is 51.3 Å². The van der Waals surface area contributed by atoms with Crippen molar-refractivity contribution in [1.82, 2.24) is 20.0 Å². The van der Waals surface area contributed by atoms with Crippen molar-refractivity contribution in [1.29, 1.82) is 0 Å². The lowest BCUT2D eigenvalue weighted by Crippen LogP contribution is -2.49. The van der Waals surface area contributed by atoms with Gasteiger partial charge in [-0.2, -0.15) is 0 Å². The third-order valence-corrected chi connectivity index (χ3v) is 11.3. The molecule has 8 rings (SSSR count). The maximum Gasteiger partial charge on any atom is 0.408 e. The summed E-state index contributed by atoms with van der Waals surface area (Å²) in [5, 5.41) is 12.2. The van der Waals surface area contributed by atoms with Crippen molar-refractivity contribution < 1.29 is 33.7 Å². The molecule has 3 aliphatic heterocycles. The molecule has 11 heteroatoms. The lowest BCUT2D eigenvalue weighted by molar-refractivity contribution is -0.253. The van der Waals surface area contributed by atoms with Crippen LogP contribution >= 0.6 is 0 Å². The van der Waals surface area contributed by atoms with Crippen LogP contribution < -0.4 is 5.32 Å². The molecule has 5 aromatic carbocycles. The molecule has 3 aliphatic rings. The van der Waals surface area contributed by atoms with Crippen molar-refractivity contribution in [3.8, 4) is 11.1 Å². The van der Waals surface area contributed by atoms with Gasteiger partial charge in [-0.3, -0.25) is 24.3 Å². The number of alkyl carbamates (subject to hydrolysis) is 1. The fourth-order valence-electron chi connectivity index (χ4n) is 8.06. The van der Waals surface area contributed by atoms with Crippen molar-refractivity contribution >= 4 is 17.9 Å². The summed E-state index contributed by atoms with van der Waals surface area (Å²) in [6.07, 6.45) is -1.03. The molecule has 0 saturated carbocycles. The average Bonchev–Trinajstić information content (AvgIpc) is 3.54. The van der Waals surface area contributed by atoms with Crippen molar-refractivity contribution in [3.05, 3.63) is 167 Å². The van der Waals surface area contributed by atoms with Crippen LogP contribution in [0.4, 0.5) is 4.79 Å². The molecule has 0 bridgehead atoms. The molecule has 304 valence electrons. The predicted molar refractivity (Wildman–Crippen MR) is 222 cm³/mol. The lowest BCUT2D eigenvalue weighted by atomic mass is 9.98. The number of ether oxygens (including phenoxy) is 3. The number of carbonyl (C=O) groups excluding carboxylic acids is 3. The summed E-state index contributed by atoms with van der Waals surface area (Å²) in [6.45, 7) is 5.80. The first kappa shape index (κ1) is 40.1. The number of carbonyl (C=O) groups is 3. The van der Waals surface area contributed by atoms with Crippen LogP contribution in [0.25, 0.3) is 11.1 Å². The Labute approximate surface area is 345 Å². The van der Waals surface area contributed by atoms with Crippen LogP contribution in [0.15, 0.2) is 133 Å². The van der Waals surface area contributed by atoms with Crippen LogP contribution in [0.5, 0.6) is 0 Å². The summed E-state index contributed by atoms with van der Waals surface area (Å²) >= 11 is 0. The zero-order valence-electron chi connectivity index (χ0n) is 33.0. The fraction of sp³-hybridized carbons (Fsp3) is 0.312. The summed E-state index contributed by atoms with van der Waals surface area (Å²) in [5.74, 6) is -0.818. The minimum Gasteiger partial charge on any atom is -0.445 e. The molecule has 0 aliphatic carbocycles. The predicted octanol–water partition coefficient (Wildman–Crippen LogP) is 6.76. The number of rotatable bonds is 13. The Morgan fingerprint density at radius 3 is 2.07 bits per heavy atom. The number of nitrogens with zero attached hydrogens (tertiary/aromatic N) is 3. The number of aliphatic hydroxyl groups is 1. The molecule has 3 fully saturated rings. The van der Waals surface area contributed by atoms with Gasteiger partial charge in [-0.05, 0) is 51.1 Å². The van der Waals surface area contributed by atoms with Gasteiger partial charge < -0.3 is 24.6 Å². The van der Waals surface area contributed by atoms with Crippen molar-refractivity contribution in [3.63, 3.8) is 0 Å². The largest absolute Gasteiger partial charge is 0.445 e. The highest BCUT2D eigenvalue weighted by molar-refractivity contribution is 6.06. The highest BCUT2D eigenvalue weighted by Gasteiger charge is 2.40. The van der Waals surface area contributed by atoms with E-state index in [1.54, 1.807) is 0 Å². The first-order chi connectivity index (χ1) is 28.9. The third kappa shape index (κ3) is 10.3. The molecule has 0 radical (unpaired) electrons. The van der Waals surface area contributed by atoms with E-state index in [-0.39, 0.29) is 44.3 Å². The minimum atomic E-state index is -0.981. The summed E-state index contributed by atoms with van der Waals surface area (Å²) in [4.78, 5) is 45.0. The number of nitrogens with one attached hydrogen (secondary N) is 1. The Bertz CT molecular complexity index is 2190. The van der Waals surface area contributed by atoms with Gasteiger partial charge in [0.2, 0.25) is 5.91 Å². The van der Waals surface area contributed by atoms with Gasteiger partial charge in [0.15, 0.2) is 6.29 Å². The van der Waals surface area contributed by atoms with Gasteiger partial charge in [0.05, 0.1) is 31.8 Å². The monoisotopic (exact) mass is 794 g/mol. The molecule has 3 amide bonds. The van der Waals surface area contributed by atoms with E-state index in [2.05, 4.69) is 51.5 Å². The second-order valence-electron chi connectivity index (χ2n) is 15.5. The topological polar surface area (TPSA) is 121 Å². The van der Waals surface area contributed by atoms with E-state index in [0.717, 1.165) is 78.2 Å². The number of benzene rings is 5. The molecule has 0 spiro atoms. The Morgan fingerprint density at radius 2 is 1.34 bits per heavy atom. The normalized spacial score (nSPS) is 21.4. The zero-order chi connectivity index (χ0) is 40.6. The molecule has 5 aromatic rings. The van der Waals surface area contributed by atoms with Gasteiger partial charge in [-0.15, -0.1) is 0 Å². The Hall–Kier alpha value is -5.69. The van der Waals surface area contributed by atoms with Gasteiger partial charge >= 0.3 is 6.09 Å². The van der Waals surface area contributed by atoms with Crippen LogP contribution in [0.3, 0.4) is 0 Å². The summed E-state index contributed by atoms with van der Waals surface area (Å²) in [6, 6.07) is 42.7. The Morgan fingerprint density at radius 1 is 0.678 bits per heavy atom. The number of likely N-dealkylation sites (tertiary alicyclic amines) is 1. The second kappa shape index (κ2) is 18.9. The van der Waals surface area contributed by atoms with Crippen LogP contribution in [0.2, 0.25) is 0 Å². The number of imide groups is 1. The molecule has 3 heterocycles. The summed E-state index contributed by atoms with van der Waals surface area (Å²) < 4.78 is 18.7. The van der Waals surface area contributed by atoms with Crippen LogP contribution in [-0.4, -0.2) is 82.6 Å². The Kier molecular flexibility index (Phi) is 12.9. The van der Waals surface area contributed by atoms with Gasteiger partial charge in [-0.25, -0.2) is 4.79 Å². The maximum absolute atomic E-state index is 13.3. The highest BCUT2D eigenvalue weighted by Crippen LogP contribution is 2.39. The van der Waals surface area contributed by atoms with Crippen LogP contribution in [-0.2, 0) is 50.1 Å². The highest BCUT2D eigenvalue weighted by atomic mass is 16.7. The van der Waals surface area contributed by atoms with Gasteiger partial charge in [0.25, 0.3) is 5.91 Å². The summed E-state index contributed by atoms with van der Waals surface area (Å²) in [7, 11) is 0. The van der Waals surface area contributed by atoms with E-state index in [0.29, 0.717) is 6.42 Å². The number of piperazine rings is 1. The number of hydrogen-bond donors (Lipinski definition) is 2. The van der Waals surface area contributed by atoms with Crippen molar-refractivity contribution in [2.45, 2.75) is 63.7 Å². The average molecular weight is 795 g/mol. The van der Waals surface area contributed by atoms with Gasteiger partial charge in [-0.1, -0.05) is 121 Å². The smallest absolute Gasteiger partial charge is 0.408 e. The Balaban J connectivity index is 0.926. The molecule has 0 aromatic heterocycles. The quantitative estimate of drug-likeness (QED) is 0.125. The fourth-order valence-corrected chi connectivity index (χ4v) is 8.06. The van der Waals surface area contributed by atoms with Crippen LogP contribution in [0, 0.1) is 0 Å². The molecule has 59 heavy (non-hydrogen) atoms. The van der Waals surface area contributed by atoms with Crippen molar-refractivity contribution in [2.24, 2.45) is 0 Å². The van der Waals surface area contributed by atoms with Crippen LogP contribution in [0.1, 0.15) is 58.6 Å². The number of aliphatic hydroxyl groups excluding tert-OH is 1. The first-order valence-corrected chi connectivity index (χ1v) is 20.4. The molecular weight excluding hydrogens is 745 g/mol. The lowest BCUT2D eigenvalue weighted by Gasteiger charge is -2.41. The molecular formula is C48H50N4O7. The van der Waals surface area contributed by atoms with E-state index in [1.165, 1.54) is 10.5 Å². The van der Waals surface area contributed by atoms with E-state index < -0.39 is 24.3 Å². The molecule has 11 nitrogen and oxygen atoms in total. The van der Waals surface area contributed by atoms with E-state index in [9.17, 15) is 19.5 Å². The summed E-state index contributed by atoms with van der Waals surface area (Å²) in [5.41, 5.74) is 7.58. The third-order valence-electron chi connectivity index (χ3n) is 11.3. The van der Waals surface area contributed by atoms with E-state index >= 15 is 0 Å². The molecule has 2 N–H and O–H groups in total. The number of amides is 3. The molecule has 3 saturated heterocycles. The van der Waals surface area contributed by atoms with Crippen molar-refractivity contribution in [2.75, 3.05) is 32.7 Å². The molecule has 4 atom stereocenters. The zero-order valence-corrected chi connectivity index (χ0v) is 33.0. The number of hydrogen-bond acceptors (Lipinski definition) is 9. The second-order valence-corrected chi connectivity index (χ2v) is 15.5. The minimum absolute atomic E-state index is 0.0151. The molecule has 1 unspecified atom stereocenters. The maximum atomic E-state index is 13.3. The first-order valence-electron chi connectivity index (χ1n) is 20.4. The van der Waals surface area contributed by atoms with E-state index in [1.807, 2.05) is 97.1 Å². The standard InChI is InChI=1S/C48H50N4O7/c53-32-35-17-19-38(20-18-35)44-27-42(31-51-23-21-50(22-24-51)29-34-9-3-1-4-10-34)58-47(59-44)41-16-8-15-40(26-41)39-14-7-13-37(25-39)30-52-45(54)28-43(46(52)55)49-48(56)57-33-36-11-5-2-6-12-36/h1-20,25-26,42-44,47,53H,21-24,27-33H2,(H,49,56)/t42-,43?,44+,47+/m0/s1. The SMILES string of the molecule is O=C(NC1CC(=O)N(Cc2cccc(-c3cccc([C@@H]4O[C@H](CN5CCN(Cc6ccccc6)CC5)C[C@H](c5ccc(CO)cc5)O4)c3)c2)C1=O)OCc1ccccc1. The van der Waals surface area contributed by atoms with E-state index in [4.69, 9.17) is 14.2 Å².